The molecular weight excluding hydrogens is 264 g/mol. The van der Waals surface area contributed by atoms with Crippen molar-refractivity contribution in [3.8, 4) is 5.75 Å². The summed E-state index contributed by atoms with van der Waals surface area (Å²) in [5.41, 5.74) is 0.346. The molecule has 0 fully saturated rings. The second-order valence-corrected chi connectivity index (χ2v) is 5.27. The van der Waals surface area contributed by atoms with Gasteiger partial charge in [0.05, 0.1) is 11.7 Å². The van der Waals surface area contributed by atoms with Gasteiger partial charge in [-0.05, 0) is 24.3 Å². The molecule has 0 spiro atoms. The molecule has 0 amide bonds. The Balaban J connectivity index is 2.50. The molecule has 106 valence electrons. The van der Waals surface area contributed by atoms with E-state index >= 15 is 0 Å². The first-order valence-corrected chi connectivity index (χ1v) is 7.46. The Morgan fingerprint density at radius 1 is 1.42 bits per heavy atom. The van der Waals surface area contributed by atoms with Gasteiger partial charge in [0.2, 0.25) is 0 Å². The van der Waals surface area contributed by atoms with Crippen LogP contribution in [0.3, 0.4) is 0 Å². The molecule has 1 rings (SSSR count). The normalized spacial score (nSPS) is 12.2. The first-order valence-electron chi connectivity index (χ1n) is 6.30. The van der Waals surface area contributed by atoms with Crippen LogP contribution in [0.15, 0.2) is 24.3 Å². The number of carbonyl (C=O) groups is 1. The topological polar surface area (TPSA) is 66.8 Å². The molecule has 0 saturated heterocycles. The molecule has 0 aliphatic heterocycles. The van der Waals surface area contributed by atoms with Gasteiger partial charge in [-0.1, -0.05) is 19.1 Å². The Morgan fingerprint density at radius 2 is 2.16 bits per heavy atom. The Bertz CT molecular complexity index is 395. The third-order valence-corrected chi connectivity index (χ3v) is 3.74. The molecule has 0 saturated carbocycles. The molecule has 0 radical (unpaired) electrons. The highest BCUT2D eigenvalue weighted by Crippen LogP contribution is 2.19. The van der Waals surface area contributed by atoms with Gasteiger partial charge >= 0.3 is 0 Å². The number of carbonyl (C=O) groups excluding carboxylic acids is 1. The predicted molar refractivity (Wildman–Crippen MR) is 77.0 cm³/mol. The highest BCUT2D eigenvalue weighted by molar-refractivity contribution is 7.99. The van der Waals surface area contributed by atoms with Crippen LogP contribution < -0.4 is 4.74 Å². The molecule has 1 aromatic rings. The van der Waals surface area contributed by atoms with Crippen molar-refractivity contribution in [1.29, 1.82) is 0 Å². The fraction of sp³-hybridized carbons (Fsp3) is 0.500. The number of ketones is 1. The van der Waals surface area contributed by atoms with Crippen molar-refractivity contribution in [3.05, 3.63) is 29.8 Å². The minimum Gasteiger partial charge on any atom is -0.490 e. The number of Topliss-reactive ketones (excluding diaryl/α,β-unsaturated/α-hetero) is 1. The Kier molecular flexibility index (Phi) is 7.55. The lowest BCUT2D eigenvalue weighted by Gasteiger charge is -2.14. The smallest absolute Gasteiger partial charge is 0.191 e. The Hall–Kier alpha value is -1.04. The molecule has 2 N–H and O–H groups in total. The lowest BCUT2D eigenvalue weighted by molar-refractivity contribution is 0.0891. The van der Waals surface area contributed by atoms with Gasteiger partial charge in [-0.25, -0.2) is 0 Å². The molecule has 0 aromatic heterocycles. The van der Waals surface area contributed by atoms with E-state index in [0.29, 0.717) is 17.1 Å². The van der Waals surface area contributed by atoms with Gasteiger partial charge in [-0.3, -0.25) is 4.79 Å². The fourth-order valence-corrected chi connectivity index (χ4v) is 2.33. The van der Waals surface area contributed by atoms with Gasteiger partial charge in [-0.15, -0.1) is 0 Å². The van der Waals surface area contributed by atoms with E-state index in [-0.39, 0.29) is 12.4 Å². The first-order chi connectivity index (χ1) is 9.19. The number of benzene rings is 1. The Morgan fingerprint density at radius 3 is 2.84 bits per heavy atom. The van der Waals surface area contributed by atoms with Crippen molar-refractivity contribution >= 4 is 17.5 Å². The maximum Gasteiger partial charge on any atom is 0.191 e. The average molecular weight is 284 g/mol. The zero-order valence-electron chi connectivity index (χ0n) is 11.0. The second-order valence-electron chi connectivity index (χ2n) is 4.12. The van der Waals surface area contributed by atoms with E-state index in [2.05, 4.69) is 6.92 Å². The third kappa shape index (κ3) is 5.63. The van der Waals surface area contributed by atoms with Crippen LogP contribution >= 0.6 is 11.8 Å². The van der Waals surface area contributed by atoms with Crippen LogP contribution in [-0.4, -0.2) is 46.8 Å². The van der Waals surface area contributed by atoms with E-state index in [1.54, 1.807) is 36.0 Å². The maximum absolute atomic E-state index is 11.5. The monoisotopic (exact) mass is 284 g/mol. The molecule has 0 bridgehead atoms. The van der Waals surface area contributed by atoms with Gasteiger partial charge in [-0.2, -0.15) is 11.8 Å². The van der Waals surface area contributed by atoms with Gasteiger partial charge in [0.25, 0.3) is 0 Å². The van der Waals surface area contributed by atoms with E-state index in [1.165, 1.54) is 0 Å². The average Bonchev–Trinajstić information content (AvgIpc) is 2.45. The van der Waals surface area contributed by atoms with E-state index in [4.69, 9.17) is 9.84 Å². The Labute approximate surface area is 117 Å². The lowest BCUT2D eigenvalue weighted by atomic mass is 10.1. The van der Waals surface area contributed by atoms with Crippen molar-refractivity contribution < 1.29 is 19.7 Å². The largest absolute Gasteiger partial charge is 0.490 e. The molecule has 0 heterocycles. The van der Waals surface area contributed by atoms with E-state index < -0.39 is 12.7 Å². The quantitative estimate of drug-likeness (QED) is 0.534. The molecular formula is C14H20O4S. The summed E-state index contributed by atoms with van der Waals surface area (Å²) in [5.74, 6) is 1.65. The van der Waals surface area contributed by atoms with Crippen molar-refractivity contribution in [2.24, 2.45) is 0 Å². The summed E-state index contributed by atoms with van der Waals surface area (Å²) >= 11 is 1.67. The van der Waals surface area contributed by atoms with E-state index in [9.17, 15) is 9.90 Å². The maximum atomic E-state index is 11.5. The number of thioether (sulfide) groups is 1. The second kappa shape index (κ2) is 8.96. The highest BCUT2D eigenvalue weighted by atomic mass is 32.2. The van der Waals surface area contributed by atoms with Crippen LogP contribution in [0, 0.1) is 0 Å². The van der Waals surface area contributed by atoms with Crippen molar-refractivity contribution in [1.82, 2.24) is 0 Å². The summed E-state index contributed by atoms with van der Waals surface area (Å²) in [6.07, 6.45) is 0.514. The highest BCUT2D eigenvalue weighted by Gasteiger charge is 2.12. The van der Waals surface area contributed by atoms with Gasteiger partial charge < -0.3 is 14.9 Å². The SMILES string of the molecule is CCCSCC(O)COc1ccccc1C(=O)CO. The third-order valence-electron chi connectivity index (χ3n) is 2.42. The molecule has 1 aromatic carbocycles. The number of hydrogen-bond donors (Lipinski definition) is 2. The number of aliphatic hydroxyl groups excluding tert-OH is 2. The van der Waals surface area contributed by atoms with E-state index in [0.717, 1.165) is 12.2 Å². The molecule has 0 aliphatic rings. The van der Waals surface area contributed by atoms with E-state index in [1.807, 2.05) is 0 Å². The van der Waals surface area contributed by atoms with Crippen LogP contribution in [0.5, 0.6) is 5.75 Å². The summed E-state index contributed by atoms with van der Waals surface area (Å²) in [6, 6.07) is 6.73. The molecule has 5 heteroatoms. The number of aliphatic hydroxyl groups is 2. The summed E-state index contributed by atoms with van der Waals surface area (Å²) < 4.78 is 5.46. The van der Waals surface area contributed by atoms with Gasteiger partial charge in [0, 0.05) is 5.75 Å². The number of ether oxygens (including phenoxy) is 1. The minimum absolute atomic E-state index is 0.145. The molecule has 4 nitrogen and oxygen atoms in total. The number of hydrogen-bond acceptors (Lipinski definition) is 5. The lowest BCUT2D eigenvalue weighted by Crippen LogP contribution is -2.21. The molecule has 1 atom stereocenters. The van der Waals surface area contributed by atoms with Crippen LogP contribution in [0.4, 0.5) is 0 Å². The van der Waals surface area contributed by atoms with Crippen LogP contribution in [0.25, 0.3) is 0 Å². The fourth-order valence-electron chi connectivity index (χ4n) is 1.51. The summed E-state index contributed by atoms with van der Waals surface area (Å²) in [7, 11) is 0. The molecule has 1 unspecified atom stereocenters. The predicted octanol–water partition coefficient (Wildman–Crippen LogP) is 1.74. The zero-order chi connectivity index (χ0) is 14.1. The van der Waals surface area contributed by atoms with Gasteiger partial charge in [0.1, 0.15) is 19.0 Å². The number of rotatable bonds is 9. The van der Waals surface area contributed by atoms with Crippen molar-refractivity contribution in [2.45, 2.75) is 19.4 Å². The zero-order valence-corrected chi connectivity index (χ0v) is 11.9. The van der Waals surface area contributed by atoms with Crippen LogP contribution in [0.1, 0.15) is 23.7 Å². The standard InChI is InChI=1S/C14H20O4S/c1-2-7-19-10-11(16)9-18-14-6-4-3-5-12(14)13(17)8-15/h3-6,11,15-16H,2,7-10H2,1H3. The molecule has 19 heavy (non-hydrogen) atoms. The summed E-state index contributed by atoms with van der Waals surface area (Å²) in [4.78, 5) is 11.5. The van der Waals surface area contributed by atoms with Gasteiger partial charge in [0.15, 0.2) is 5.78 Å². The summed E-state index contributed by atoms with van der Waals surface area (Å²) in [6.45, 7) is 1.69. The van der Waals surface area contributed by atoms with Crippen LogP contribution in [0.2, 0.25) is 0 Å². The minimum atomic E-state index is -0.561. The van der Waals surface area contributed by atoms with Crippen molar-refractivity contribution in [2.75, 3.05) is 24.7 Å². The summed E-state index contributed by atoms with van der Waals surface area (Å²) in [5, 5.41) is 18.6. The number of para-hydroxylation sites is 1. The molecule has 0 aliphatic carbocycles. The van der Waals surface area contributed by atoms with Crippen LogP contribution in [-0.2, 0) is 0 Å². The first kappa shape index (κ1) is 16.0. The van der Waals surface area contributed by atoms with Crippen molar-refractivity contribution in [3.63, 3.8) is 0 Å².